The molecule has 0 aliphatic carbocycles. The van der Waals surface area contributed by atoms with Crippen molar-refractivity contribution in [3.05, 3.63) is 66.0 Å². The lowest BCUT2D eigenvalue weighted by Crippen LogP contribution is -2.48. The van der Waals surface area contributed by atoms with Gasteiger partial charge in [0.15, 0.2) is 0 Å². The highest BCUT2D eigenvalue weighted by atomic mass is 19.1. The number of hydrogen-bond donors (Lipinski definition) is 0. The van der Waals surface area contributed by atoms with Gasteiger partial charge in [-0.05, 0) is 55.5 Å². The van der Waals surface area contributed by atoms with Crippen molar-refractivity contribution in [2.24, 2.45) is 11.3 Å². The first-order valence-corrected chi connectivity index (χ1v) is 12.3. The third kappa shape index (κ3) is 6.81. The highest BCUT2D eigenvalue weighted by Crippen LogP contribution is 2.37. The van der Waals surface area contributed by atoms with Crippen LogP contribution in [0.25, 0.3) is 0 Å². The van der Waals surface area contributed by atoms with Gasteiger partial charge in [0.2, 0.25) is 11.8 Å². The summed E-state index contributed by atoms with van der Waals surface area (Å²) in [5.41, 5.74) is 0.710. The molecule has 0 spiro atoms. The molecular weight excluding hydrogens is 431 g/mol. The van der Waals surface area contributed by atoms with Gasteiger partial charge in [-0.2, -0.15) is 0 Å². The number of amides is 2. The molecule has 0 saturated carbocycles. The Labute approximate surface area is 202 Å². The number of ether oxygens (including phenoxy) is 1. The van der Waals surface area contributed by atoms with E-state index < -0.39 is 0 Å². The molecule has 3 rings (SSSR count). The number of halogens is 1. The zero-order valence-electron chi connectivity index (χ0n) is 20.6. The van der Waals surface area contributed by atoms with Crippen LogP contribution in [-0.2, 0) is 16.1 Å². The lowest BCUT2D eigenvalue weighted by atomic mass is 9.75. The van der Waals surface area contributed by atoms with E-state index in [1.165, 1.54) is 12.1 Å². The third-order valence-corrected chi connectivity index (χ3v) is 7.04. The number of piperidine rings is 1. The molecule has 1 fully saturated rings. The fourth-order valence-electron chi connectivity index (χ4n) is 4.64. The number of nitrogens with zero attached hydrogens (tertiary/aromatic N) is 2. The van der Waals surface area contributed by atoms with Crippen LogP contribution in [0.2, 0.25) is 0 Å². The Morgan fingerprint density at radius 2 is 1.65 bits per heavy atom. The van der Waals surface area contributed by atoms with Crippen LogP contribution in [0.5, 0.6) is 5.75 Å². The van der Waals surface area contributed by atoms with Crippen LogP contribution in [-0.4, -0.2) is 48.4 Å². The molecule has 0 N–H and O–H groups in total. The molecule has 0 bridgehead atoms. The Morgan fingerprint density at radius 1 is 1.03 bits per heavy atom. The van der Waals surface area contributed by atoms with Crippen LogP contribution in [0.15, 0.2) is 54.6 Å². The van der Waals surface area contributed by atoms with E-state index in [9.17, 15) is 14.0 Å². The van der Waals surface area contributed by atoms with Gasteiger partial charge in [0, 0.05) is 44.4 Å². The molecule has 1 aliphatic rings. The maximum Gasteiger partial charge on any atom is 0.225 e. The summed E-state index contributed by atoms with van der Waals surface area (Å²) in [6.07, 6.45) is 3.43. The van der Waals surface area contributed by atoms with Gasteiger partial charge >= 0.3 is 0 Å². The summed E-state index contributed by atoms with van der Waals surface area (Å²) >= 11 is 0. The molecule has 2 amide bonds. The first kappa shape index (κ1) is 25.7. The van der Waals surface area contributed by atoms with Crippen molar-refractivity contribution in [2.75, 3.05) is 26.7 Å². The summed E-state index contributed by atoms with van der Waals surface area (Å²) in [5.74, 6) is 0.605. The Hall–Kier alpha value is -2.89. The van der Waals surface area contributed by atoms with Crippen LogP contribution in [0.3, 0.4) is 0 Å². The molecule has 0 atom stereocenters. The van der Waals surface area contributed by atoms with Crippen molar-refractivity contribution in [2.45, 2.75) is 52.5 Å². The summed E-state index contributed by atoms with van der Waals surface area (Å²) < 4.78 is 19.3. The SMILES string of the molecule is CCC(CC)C(=O)N1CCC(COc2ccc(F)cc2)(CC(=O)N(C)Cc2ccccc2)CC1. The Kier molecular flexibility index (Phi) is 9.08. The molecule has 34 heavy (non-hydrogen) atoms. The molecule has 5 nitrogen and oxygen atoms in total. The number of carbonyl (C=O) groups is 2. The fraction of sp³-hybridized carbons (Fsp3) is 0.500. The van der Waals surface area contributed by atoms with Crippen molar-refractivity contribution in [3.63, 3.8) is 0 Å². The second-order valence-corrected chi connectivity index (χ2v) is 9.49. The Morgan fingerprint density at radius 3 is 2.24 bits per heavy atom. The second-order valence-electron chi connectivity index (χ2n) is 9.49. The molecule has 0 unspecified atom stereocenters. The average molecular weight is 469 g/mol. The summed E-state index contributed by atoms with van der Waals surface area (Å²) in [4.78, 5) is 29.8. The molecule has 1 heterocycles. The van der Waals surface area contributed by atoms with Gasteiger partial charge in [0.1, 0.15) is 11.6 Å². The van der Waals surface area contributed by atoms with E-state index >= 15 is 0 Å². The molecule has 2 aromatic carbocycles. The predicted octanol–water partition coefficient (Wildman–Crippen LogP) is 5.30. The lowest BCUT2D eigenvalue weighted by molar-refractivity contribution is -0.140. The summed E-state index contributed by atoms with van der Waals surface area (Å²) in [5, 5.41) is 0. The van der Waals surface area contributed by atoms with Gasteiger partial charge in [0.25, 0.3) is 0 Å². The normalized spacial score (nSPS) is 15.3. The minimum atomic E-state index is -0.374. The van der Waals surface area contributed by atoms with E-state index in [1.54, 1.807) is 17.0 Å². The number of rotatable bonds is 10. The molecule has 2 aromatic rings. The Bertz CT molecular complexity index is 920. The van der Waals surface area contributed by atoms with Crippen molar-refractivity contribution in [1.29, 1.82) is 0 Å². The van der Waals surface area contributed by atoms with E-state index in [1.807, 2.05) is 42.3 Å². The van der Waals surface area contributed by atoms with Crippen molar-refractivity contribution < 1.29 is 18.7 Å². The average Bonchev–Trinajstić information content (AvgIpc) is 2.85. The van der Waals surface area contributed by atoms with Crippen molar-refractivity contribution >= 4 is 11.8 Å². The van der Waals surface area contributed by atoms with E-state index in [4.69, 9.17) is 4.74 Å². The highest BCUT2D eigenvalue weighted by Gasteiger charge is 2.40. The van der Waals surface area contributed by atoms with E-state index in [2.05, 4.69) is 13.8 Å². The summed E-state index contributed by atoms with van der Waals surface area (Å²) in [6.45, 7) is 6.26. The molecular formula is C28H37FN2O3. The zero-order chi connectivity index (χ0) is 24.6. The number of likely N-dealkylation sites (tertiary alicyclic amines) is 1. The molecule has 1 aliphatic heterocycles. The topological polar surface area (TPSA) is 49.9 Å². The number of carbonyl (C=O) groups excluding carboxylic acids is 2. The molecule has 0 radical (unpaired) electrons. The van der Waals surface area contributed by atoms with Gasteiger partial charge in [-0.25, -0.2) is 4.39 Å². The maximum absolute atomic E-state index is 13.3. The van der Waals surface area contributed by atoms with Gasteiger partial charge in [-0.1, -0.05) is 44.2 Å². The molecule has 6 heteroatoms. The predicted molar refractivity (Wildman–Crippen MR) is 132 cm³/mol. The van der Waals surface area contributed by atoms with Gasteiger partial charge < -0.3 is 14.5 Å². The van der Waals surface area contributed by atoms with Gasteiger partial charge in [-0.3, -0.25) is 9.59 Å². The number of benzene rings is 2. The van der Waals surface area contributed by atoms with Crippen LogP contribution in [0.1, 0.15) is 51.5 Å². The standard InChI is InChI=1S/C28H37FN2O3/c1-4-23(5-2)27(33)31-17-15-28(16-18-31,21-34-25-13-11-24(29)12-14-25)19-26(32)30(3)20-22-9-7-6-8-10-22/h6-14,23H,4-5,15-21H2,1-3H3. The minimum Gasteiger partial charge on any atom is -0.493 e. The molecule has 184 valence electrons. The molecule has 0 aromatic heterocycles. The van der Waals surface area contributed by atoms with Crippen LogP contribution in [0, 0.1) is 17.2 Å². The lowest BCUT2D eigenvalue weighted by Gasteiger charge is -2.42. The van der Waals surface area contributed by atoms with E-state index in [0.717, 1.165) is 18.4 Å². The smallest absolute Gasteiger partial charge is 0.225 e. The number of hydrogen-bond acceptors (Lipinski definition) is 3. The quantitative estimate of drug-likeness (QED) is 0.476. The summed E-state index contributed by atoms with van der Waals surface area (Å²) in [7, 11) is 1.83. The first-order valence-electron chi connectivity index (χ1n) is 12.3. The monoisotopic (exact) mass is 468 g/mol. The first-order chi connectivity index (χ1) is 16.4. The van der Waals surface area contributed by atoms with Crippen LogP contribution >= 0.6 is 0 Å². The van der Waals surface area contributed by atoms with E-state index in [0.29, 0.717) is 51.3 Å². The van der Waals surface area contributed by atoms with Crippen LogP contribution in [0.4, 0.5) is 4.39 Å². The van der Waals surface area contributed by atoms with Gasteiger partial charge in [-0.15, -0.1) is 0 Å². The zero-order valence-corrected chi connectivity index (χ0v) is 20.6. The van der Waals surface area contributed by atoms with Crippen LogP contribution < -0.4 is 4.74 Å². The largest absolute Gasteiger partial charge is 0.493 e. The maximum atomic E-state index is 13.3. The van der Waals surface area contributed by atoms with Gasteiger partial charge in [0.05, 0.1) is 6.61 Å². The van der Waals surface area contributed by atoms with E-state index in [-0.39, 0.29) is 29.0 Å². The minimum absolute atomic E-state index is 0.0570. The Balaban J connectivity index is 1.69. The molecule has 1 saturated heterocycles. The van der Waals surface area contributed by atoms with Crippen molar-refractivity contribution in [1.82, 2.24) is 9.80 Å². The second kappa shape index (κ2) is 12.0. The highest BCUT2D eigenvalue weighted by molar-refractivity contribution is 5.79. The summed E-state index contributed by atoms with van der Waals surface area (Å²) in [6, 6.07) is 15.9. The fourth-order valence-corrected chi connectivity index (χ4v) is 4.64. The third-order valence-electron chi connectivity index (χ3n) is 7.04. The van der Waals surface area contributed by atoms with Crippen molar-refractivity contribution in [3.8, 4) is 5.75 Å².